The molecule has 0 aliphatic rings. The van der Waals surface area contributed by atoms with Gasteiger partial charge in [0, 0.05) is 0 Å². The zero-order valence-corrected chi connectivity index (χ0v) is 14.5. The third-order valence-electron chi connectivity index (χ3n) is 3.54. The van der Waals surface area contributed by atoms with E-state index in [1.54, 1.807) is 0 Å². The highest BCUT2D eigenvalue weighted by Crippen LogP contribution is 2.34. The van der Waals surface area contributed by atoms with Gasteiger partial charge in [0.1, 0.15) is 18.9 Å². The van der Waals surface area contributed by atoms with Crippen molar-refractivity contribution in [3.8, 4) is 5.75 Å². The van der Waals surface area contributed by atoms with Crippen LogP contribution >= 0.6 is 0 Å². The summed E-state index contributed by atoms with van der Waals surface area (Å²) in [5.41, 5.74) is 2.58. The van der Waals surface area contributed by atoms with E-state index < -0.39 is 0 Å². The molecule has 0 atom stereocenters. The van der Waals surface area contributed by atoms with Gasteiger partial charge in [-0.1, -0.05) is 45.9 Å². The molecule has 21 heavy (non-hydrogen) atoms. The first kappa shape index (κ1) is 18.0. The van der Waals surface area contributed by atoms with E-state index in [0.717, 1.165) is 18.9 Å². The van der Waals surface area contributed by atoms with E-state index in [4.69, 9.17) is 9.47 Å². The van der Waals surface area contributed by atoms with Crippen molar-refractivity contribution in [3.63, 3.8) is 0 Å². The van der Waals surface area contributed by atoms with Crippen molar-refractivity contribution in [2.45, 2.75) is 39.5 Å². The molecule has 1 N–H and O–H groups in total. The Morgan fingerprint density at radius 2 is 1.48 bits per heavy atom. The Morgan fingerprint density at radius 3 is 1.95 bits per heavy atom. The van der Waals surface area contributed by atoms with Crippen LogP contribution in [0.25, 0.3) is 0 Å². The molecule has 0 amide bonds. The fourth-order valence-electron chi connectivity index (χ4n) is 2.23. The van der Waals surface area contributed by atoms with Crippen molar-refractivity contribution in [2.75, 3.05) is 40.5 Å². The number of quaternary nitrogens is 1. The normalized spacial score (nSPS) is 11.7. The van der Waals surface area contributed by atoms with Crippen molar-refractivity contribution < 1.29 is 14.4 Å². The second kappa shape index (κ2) is 9.06. The average molecular weight is 294 g/mol. The lowest BCUT2D eigenvalue weighted by atomic mass is 9.94. The summed E-state index contributed by atoms with van der Waals surface area (Å²) >= 11 is 0. The number of benzene rings is 1. The van der Waals surface area contributed by atoms with Gasteiger partial charge in [-0.25, -0.2) is 0 Å². The van der Waals surface area contributed by atoms with Gasteiger partial charge in [-0.3, -0.25) is 0 Å². The third-order valence-corrected chi connectivity index (χ3v) is 3.54. The Balaban J connectivity index is 2.60. The minimum absolute atomic E-state index is 0.469. The van der Waals surface area contributed by atoms with E-state index in [1.165, 1.54) is 16.0 Å². The molecule has 1 aromatic rings. The van der Waals surface area contributed by atoms with Crippen molar-refractivity contribution >= 4 is 0 Å². The minimum Gasteiger partial charge on any atom is -0.491 e. The number of hydrogen-bond donors (Lipinski definition) is 1. The van der Waals surface area contributed by atoms with E-state index in [2.05, 4.69) is 60.0 Å². The Hall–Kier alpha value is -1.06. The lowest BCUT2D eigenvalue weighted by Gasteiger charge is -2.20. The summed E-state index contributed by atoms with van der Waals surface area (Å²) in [6.07, 6.45) is 0. The number of para-hydroxylation sites is 1. The molecule has 0 fully saturated rings. The summed E-state index contributed by atoms with van der Waals surface area (Å²) in [5.74, 6) is 2.00. The van der Waals surface area contributed by atoms with Crippen LogP contribution in [-0.2, 0) is 4.74 Å². The number of hydrogen-bond acceptors (Lipinski definition) is 2. The third kappa shape index (κ3) is 6.06. The zero-order valence-electron chi connectivity index (χ0n) is 14.5. The topological polar surface area (TPSA) is 22.9 Å². The highest BCUT2D eigenvalue weighted by Gasteiger charge is 2.14. The van der Waals surface area contributed by atoms with Crippen LogP contribution in [0.1, 0.15) is 50.7 Å². The Labute approximate surface area is 130 Å². The Morgan fingerprint density at radius 1 is 0.905 bits per heavy atom. The number of rotatable bonds is 9. The first-order valence-electron chi connectivity index (χ1n) is 8.05. The first-order valence-corrected chi connectivity index (χ1v) is 8.05. The molecular formula is C18H32NO2+. The molecule has 3 nitrogen and oxygen atoms in total. The molecule has 1 rings (SSSR count). The molecule has 0 saturated heterocycles. The van der Waals surface area contributed by atoms with E-state index in [-0.39, 0.29) is 0 Å². The second-order valence-electron chi connectivity index (χ2n) is 6.49. The summed E-state index contributed by atoms with van der Waals surface area (Å²) in [7, 11) is 4.27. The molecule has 0 heterocycles. The molecule has 120 valence electrons. The van der Waals surface area contributed by atoms with E-state index in [0.29, 0.717) is 25.0 Å². The van der Waals surface area contributed by atoms with Crippen LogP contribution in [0.2, 0.25) is 0 Å². The summed E-state index contributed by atoms with van der Waals surface area (Å²) in [6.45, 7) is 11.9. The van der Waals surface area contributed by atoms with Crippen molar-refractivity contribution in [1.82, 2.24) is 0 Å². The van der Waals surface area contributed by atoms with Gasteiger partial charge >= 0.3 is 0 Å². The van der Waals surface area contributed by atoms with Crippen LogP contribution in [-0.4, -0.2) is 40.5 Å². The van der Waals surface area contributed by atoms with Gasteiger partial charge in [-0.2, -0.15) is 0 Å². The van der Waals surface area contributed by atoms with Crippen LogP contribution in [0, 0.1) is 0 Å². The van der Waals surface area contributed by atoms with Gasteiger partial charge < -0.3 is 14.4 Å². The molecule has 3 heteroatoms. The van der Waals surface area contributed by atoms with E-state index in [9.17, 15) is 0 Å². The van der Waals surface area contributed by atoms with E-state index >= 15 is 0 Å². The predicted molar refractivity (Wildman–Crippen MR) is 88.6 cm³/mol. The maximum Gasteiger partial charge on any atom is 0.126 e. The zero-order chi connectivity index (χ0) is 15.8. The fraction of sp³-hybridized carbons (Fsp3) is 0.667. The van der Waals surface area contributed by atoms with Gasteiger partial charge in [0.25, 0.3) is 0 Å². The Bertz CT molecular complexity index is 387. The molecule has 1 aromatic carbocycles. The van der Waals surface area contributed by atoms with Gasteiger partial charge in [-0.15, -0.1) is 0 Å². The Kier molecular flexibility index (Phi) is 7.76. The second-order valence-corrected chi connectivity index (χ2v) is 6.49. The fourth-order valence-corrected chi connectivity index (χ4v) is 2.23. The molecule has 0 spiro atoms. The van der Waals surface area contributed by atoms with Crippen molar-refractivity contribution in [2.24, 2.45) is 0 Å². The molecule has 0 aromatic heterocycles. The first-order chi connectivity index (χ1) is 9.93. The monoisotopic (exact) mass is 294 g/mol. The SMILES string of the molecule is CC(C)c1cccc(C(C)C)c1OCCOCC[NH+](C)C. The van der Waals surface area contributed by atoms with Crippen LogP contribution < -0.4 is 9.64 Å². The number of nitrogens with one attached hydrogen (secondary N) is 1. The lowest BCUT2D eigenvalue weighted by molar-refractivity contribution is -0.858. The average Bonchev–Trinajstić information content (AvgIpc) is 2.41. The van der Waals surface area contributed by atoms with Gasteiger partial charge in [0.15, 0.2) is 0 Å². The van der Waals surface area contributed by atoms with Gasteiger partial charge in [0.2, 0.25) is 0 Å². The highest BCUT2D eigenvalue weighted by molar-refractivity contribution is 5.44. The number of likely N-dealkylation sites (N-methyl/N-ethyl adjacent to an activating group) is 1. The largest absolute Gasteiger partial charge is 0.491 e. The molecule has 0 saturated carbocycles. The van der Waals surface area contributed by atoms with Crippen LogP contribution in [0.15, 0.2) is 18.2 Å². The lowest BCUT2D eigenvalue weighted by Crippen LogP contribution is -3.06. The van der Waals surface area contributed by atoms with Gasteiger partial charge in [-0.05, 0) is 23.0 Å². The van der Waals surface area contributed by atoms with Crippen LogP contribution in [0.5, 0.6) is 5.75 Å². The summed E-state index contributed by atoms with van der Waals surface area (Å²) in [6, 6.07) is 6.47. The maximum absolute atomic E-state index is 6.07. The highest BCUT2D eigenvalue weighted by atomic mass is 16.5. The molecular weight excluding hydrogens is 262 g/mol. The molecule has 0 bridgehead atoms. The smallest absolute Gasteiger partial charge is 0.126 e. The summed E-state index contributed by atoms with van der Waals surface area (Å²) < 4.78 is 11.7. The van der Waals surface area contributed by atoms with Crippen molar-refractivity contribution in [1.29, 1.82) is 0 Å². The summed E-state index contributed by atoms with van der Waals surface area (Å²) in [4.78, 5) is 1.41. The maximum atomic E-state index is 6.07. The summed E-state index contributed by atoms with van der Waals surface area (Å²) in [5, 5.41) is 0. The predicted octanol–water partition coefficient (Wildman–Crippen LogP) is 2.47. The van der Waals surface area contributed by atoms with Crippen molar-refractivity contribution in [3.05, 3.63) is 29.3 Å². The minimum atomic E-state index is 0.469. The molecule has 0 aliphatic carbocycles. The quantitative estimate of drug-likeness (QED) is 0.707. The van der Waals surface area contributed by atoms with Crippen LogP contribution in [0.4, 0.5) is 0 Å². The van der Waals surface area contributed by atoms with E-state index in [1.807, 2.05) is 0 Å². The molecule has 0 aliphatic heterocycles. The molecule has 0 radical (unpaired) electrons. The standard InChI is InChI=1S/C18H31NO2/c1-14(2)16-8-7-9-17(15(3)4)18(16)21-13-12-20-11-10-19(5)6/h7-9,14-15H,10-13H2,1-6H3/p+1. The molecule has 0 unspecified atom stereocenters. The number of ether oxygens (including phenoxy) is 2. The van der Waals surface area contributed by atoms with Crippen LogP contribution in [0.3, 0.4) is 0 Å². The van der Waals surface area contributed by atoms with Gasteiger partial charge in [0.05, 0.1) is 27.3 Å².